The lowest BCUT2D eigenvalue weighted by Gasteiger charge is -2.29. The lowest BCUT2D eigenvalue weighted by atomic mass is 10.3. The van der Waals surface area contributed by atoms with Gasteiger partial charge >= 0.3 is 5.97 Å². The van der Waals surface area contributed by atoms with Crippen LogP contribution in [0.4, 0.5) is 0 Å². The molecule has 0 saturated carbocycles. The highest BCUT2D eigenvalue weighted by Gasteiger charge is 2.18. The third kappa shape index (κ3) is 9.15. The Hall–Kier alpha value is -0.920. The van der Waals surface area contributed by atoms with Gasteiger partial charge in [-0.05, 0) is 6.92 Å². The van der Waals surface area contributed by atoms with E-state index in [0.29, 0.717) is 29.6 Å². The number of hydrogen-bond donors (Lipinski definition) is 1. The number of ether oxygens (including phenoxy) is 1. The van der Waals surface area contributed by atoms with Crippen LogP contribution >= 0.6 is 0 Å². The van der Waals surface area contributed by atoms with Crippen LogP contribution < -0.4 is 0 Å². The SMILES string of the molecule is C=C(C)C(=O)OCCC[N+](C)(C)CCS(=O)(=O)O. The fourth-order valence-electron chi connectivity index (χ4n) is 1.25. The number of carbonyl (C=O) groups is 1. The van der Waals surface area contributed by atoms with E-state index >= 15 is 0 Å². The summed E-state index contributed by atoms with van der Waals surface area (Å²) in [5, 5.41) is 0. The fraction of sp³-hybridized carbons (Fsp3) is 0.727. The van der Waals surface area contributed by atoms with E-state index in [4.69, 9.17) is 9.29 Å². The van der Waals surface area contributed by atoms with Crippen molar-refractivity contribution >= 4 is 16.1 Å². The summed E-state index contributed by atoms with van der Waals surface area (Å²) >= 11 is 0. The summed E-state index contributed by atoms with van der Waals surface area (Å²) in [5.74, 6) is -0.691. The van der Waals surface area contributed by atoms with E-state index in [0.717, 1.165) is 0 Å². The normalized spacial score (nSPS) is 12.2. The van der Waals surface area contributed by atoms with E-state index < -0.39 is 16.1 Å². The molecule has 0 saturated heterocycles. The molecule has 0 radical (unpaired) electrons. The van der Waals surface area contributed by atoms with Gasteiger partial charge in [-0.3, -0.25) is 4.55 Å². The van der Waals surface area contributed by atoms with Crippen LogP contribution in [-0.4, -0.2) is 63.0 Å². The van der Waals surface area contributed by atoms with E-state index in [9.17, 15) is 13.2 Å². The van der Waals surface area contributed by atoms with Crippen molar-refractivity contribution in [3.8, 4) is 0 Å². The largest absolute Gasteiger partial charge is 0.462 e. The Kier molecular flexibility index (Phi) is 6.51. The zero-order valence-electron chi connectivity index (χ0n) is 11.2. The zero-order valence-corrected chi connectivity index (χ0v) is 12.0. The summed E-state index contributed by atoms with van der Waals surface area (Å²) in [6.45, 7) is 6.29. The molecule has 0 amide bonds. The molecule has 18 heavy (non-hydrogen) atoms. The van der Waals surface area contributed by atoms with Gasteiger partial charge in [0.1, 0.15) is 5.75 Å². The molecular weight excluding hydrogens is 258 g/mol. The Morgan fingerprint density at radius 3 is 2.33 bits per heavy atom. The maximum atomic E-state index is 11.1. The molecule has 0 aliphatic carbocycles. The van der Waals surface area contributed by atoms with Crippen molar-refractivity contribution in [2.75, 3.05) is 39.5 Å². The van der Waals surface area contributed by atoms with Gasteiger partial charge in [-0.1, -0.05) is 6.58 Å². The van der Waals surface area contributed by atoms with Crippen LogP contribution in [0.5, 0.6) is 0 Å². The van der Waals surface area contributed by atoms with Crippen LogP contribution in [0.25, 0.3) is 0 Å². The summed E-state index contributed by atoms with van der Waals surface area (Å²) in [7, 11) is -0.219. The molecule has 106 valence electrons. The van der Waals surface area contributed by atoms with E-state index in [1.54, 1.807) is 6.92 Å². The number of hydrogen-bond acceptors (Lipinski definition) is 4. The Morgan fingerprint density at radius 2 is 1.89 bits per heavy atom. The average Bonchev–Trinajstić information content (AvgIpc) is 2.20. The van der Waals surface area contributed by atoms with Gasteiger partial charge in [0.2, 0.25) is 0 Å². The lowest BCUT2D eigenvalue weighted by molar-refractivity contribution is -0.888. The fourth-order valence-corrected chi connectivity index (χ4v) is 1.98. The maximum absolute atomic E-state index is 11.1. The number of quaternary nitrogens is 1. The molecule has 0 rings (SSSR count). The quantitative estimate of drug-likeness (QED) is 0.230. The molecular formula is C11H22NO5S+. The van der Waals surface area contributed by atoms with Crippen molar-refractivity contribution in [3.63, 3.8) is 0 Å². The van der Waals surface area contributed by atoms with E-state index in [1.165, 1.54) is 0 Å². The molecule has 0 aliphatic heterocycles. The number of esters is 1. The van der Waals surface area contributed by atoms with Gasteiger partial charge in [-0.2, -0.15) is 8.42 Å². The second-order valence-electron chi connectivity index (χ2n) is 4.94. The second kappa shape index (κ2) is 6.86. The number of carbonyl (C=O) groups excluding carboxylic acids is 1. The second-order valence-corrected chi connectivity index (χ2v) is 6.51. The molecule has 0 unspecified atom stereocenters. The van der Waals surface area contributed by atoms with Crippen molar-refractivity contribution < 1.29 is 27.0 Å². The van der Waals surface area contributed by atoms with Gasteiger partial charge in [-0.15, -0.1) is 0 Å². The summed E-state index contributed by atoms with van der Waals surface area (Å²) in [4.78, 5) is 11.1. The van der Waals surface area contributed by atoms with E-state index in [2.05, 4.69) is 6.58 Å². The van der Waals surface area contributed by atoms with Crippen molar-refractivity contribution in [3.05, 3.63) is 12.2 Å². The third-order valence-corrected chi connectivity index (χ3v) is 3.14. The summed E-state index contributed by atoms with van der Waals surface area (Å²) in [6, 6.07) is 0. The lowest BCUT2D eigenvalue weighted by Crippen LogP contribution is -2.44. The van der Waals surface area contributed by atoms with Gasteiger partial charge < -0.3 is 9.22 Å². The molecule has 7 heteroatoms. The van der Waals surface area contributed by atoms with Crippen LogP contribution in [0.2, 0.25) is 0 Å². The first-order valence-corrected chi connectivity index (χ1v) is 7.24. The highest BCUT2D eigenvalue weighted by molar-refractivity contribution is 7.85. The minimum Gasteiger partial charge on any atom is -0.462 e. The predicted molar refractivity (Wildman–Crippen MR) is 68.6 cm³/mol. The minimum atomic E-state index is -3.93. The first-order chi connectivity index (χ1) is 8.03. The topological polar surface area (TPSA) is 80.7 Å². The Balaban J connectivity index is 3.91. The van der Waals surface area contributed by atoms with Crippen LogP contribution in [0.3, 0.4) is 0 Å². The minimum absolute atomic E-state index is 0.272. The number of rotatable bonds is 8. The van der Waals surface area contributed by atoms with Gasteiger partial charge in [0.25, 0.3) is 10.1 Å². The molecule has 0 aromatic heterocycles. The molecule has 0 heterocycles. The third-order valence-electron chi connectivity index (χ3n) is 2.44. The first kappa shape index (κ1) is 17.1. The average molecular weight is 280 g/mol. The van der Waals surface area contributed by atoms with Gasteiger partial charge in [0.05, 0.1) is 33.8 Å². The van der Waals surface area contributed by atoms with Gasteiger partial charge in [0, 0.05) is 12.0 Å². The van der Waals surface area contributed by atoms with Crippen LogP contribution in [0, 0.1) is 0 Å². The highest BCUT2D eigenvalue weighted by Crippen LogP contribution is 2.02. The maximum Gasteiger partial charge on any atom is 0.333 e. The molecule has 0 aromatic carbocycles. The summed E-state index contributed by atoms with van der Waals surface area (Å²) < 4.78 is 35.3. The van der Waals surface area contributed by atoms with Gasteiger partial charge in [-0.25, -0.2) is 4.79 Å². The molecule has 1 N–H and O–H groups in total. The van der Waals surface area contributed by atoms with Gasteiger partial charge in [0.15, 0.2) is 0 Å². The first-order valence-electron chi connectivity index (χ1n) is 5.63. The Labute approximate surface area is 109 Å². The van der Waals surface area contributed by atoms with Crippen LogP contribution in [-0.2, 0) is 19.6 Å². The van der Waals surface area contributed by atoms with Crippen LogP contribution in [0.1, 0.15) is 13.3 Å². The molecule has 0 fully saturated rings. The zero-order chi connectivity index (χ0) is 14.4. The van der Waals surface area contributed by atoms with E-state index in [1.807, 2.05) is 14.1 Å². The molecule has 0 bridgehead atoms. The smallest absolute Gasteiger partial charge is 0.333 e. The molecule has 0 spiro atoms. The molecule has 6 nitrogen and oxygen atoms in total. The highest BCUT2D eigenvalue weighted by atomic mass is 32.2. The monoisotopic (exact) mass is 280 g/mol. The van der Waals surface area contributed by atoms with Crippen molar-refractivity contribution in [1.29, 1.82) is 0 Å². The van der Waals surface area contributed by atoms with Crippen molar-refractivity contribution in [2.24, 2.45) is 0 Å². The molecule has 0 atom stereocenters. The summed E-state index contributed by atoms with van der Waals surface area (Å²) in [6.07, 6.45) is 0.623. The predicted octanol–water partition coefficient (Wildman–Crippen LogP) is 0.460. The van der Waals surface area contributed by atoms with Crippen LogP contribution in [0.15, 0.2) is 12.2 Å². The number of nitrogens with zero attached hydrogens (tertiary/aromatic N) is 1. The molecule has 0 aliphatic rings. The Morgan fingerprint density at radius 1 is 1.33 bits per heavy atom. The Bertz CT molecular complexity index is 400. The van der Waals surface area contributed by atoms with Crippen molar-refractivity contribution in [1.82, 2.24) is 0 Å². The summed E-state index contributed by atoms with van der Waals surface area (Å²) in [5.41, 5.74) is 0.357. The van der Waals surface area contributed by atoms with Crippen molar-refractivity contribution in [2.45, 2.75) is 13.3 Å². The van der Waals surface area contributed by atoms with E-state index in [-0.39, 0.29) is 12.4 Å². The molecule has 0 aromatic rings. The standard InChI is InChI=1S/C11H21NO5S/c1-10(2)11(13)17-8-5-6-12(3,4)7-9-18(14,15)16/h1,5-9H2,2-4H3/p+1.